The topological polar surface area (TPSA) is 49.9 Å². The van der Waals surface area contributed by atoms with Crippen LogP contribution in [0.2, 0.25) is 10.0 Å². The van der Waals surface area contributed by atoms with Crippen molar-refractivity contribution in [1.82, 2.24) is 9.80 Å². The van der Waals surface area contributed by atoms with Crippen molar-refractivity contribution in [2.45, 2.75) is 58.6 Å². The van der Waals surface area contributed by atoms with E-state index in [-0.39, 0.29) is 28.5 Å². The van der Waals surface area contributed by atoms with Crippen LogP contribution in [0.15, 0.2) is 18.2 Å². The zero-order valence-corrected chi connectivity index (χ0v) is 18.4. The molecule has 2 aliphatic rings. The molecule has 1 atom stereocenters. The third kappa shape index (κ3) is 4.93. The molecule has 28 heavy (non-hydrogen) atoms. The molecule has 0 bridgehead atoms. The first-order chi connectivity index (χ1) is 13.0. The molecule has 0 radical (unpaired) electrons. The van der Waals surface area contributed by atoms with Crippen LogP contribution in [0.1, 0.15) is 57.3 Å². The molecule has 1 aromatic rings. The Morgan fingerprint density at radius 3 is 2.57 bits per heavy atom. The number of amides is 2. The number of nitrogens with zero attached hydrogens (tertiary/aromatic N) is 2. The zero-order chi connectivity index (χ0) is 20.7. The molecule has 1 saturated heterocycles. The van der Waals surface area contributed by atoms with E-state index in [2.05, 4.69) is 6.92 Å². The van der Waals surface area contributed by atoms with Crippen LogP contribution < -0.4 is 0 Å². The van der Waals surface area contributed by atoms with E-state index < -0.39 is 5.60 Å². The first kappa shape index (κ1) is 21.3. The van der Waals surface area contributed by atoms with Gasteiger partial charge in [-0.25, -0.2) is 4.79 Å². The highest BCUT2D eigenvalue weighted by Gasteiger charge is 2.44. The summed E-state index contributed by atoms with van der Waals surface area (Å²) in [5.41, 5.74) is 0.00898. The molecule has 2 fully saturated rings. The molecule has 5 nitrogen and oxygen atoms in total. The minimum atomic E-state index is -0.541. The SMILES string of the molecule is CC1(CN(C(=O)c2cccc(Cl)c2Cl)C2CCN(C(=O)OC(C)(C)C)C2)CC1. The van der Waals surface area contributed by atoms with Crippen molar-refractivity contribution in [3.8, 4) is 0 Å². The van der Waals surface area contributed by atoms with Crippen LogP contribution in [-0.4, -0.2) is 53.1 Å². The van der Waals surface area contributed by atoms with Gasteiger partial charge < -0.3 is 14.5 Å². The van der Waals surface area contributed by atoms with E-state index in [1.807, 2.05) is 25.7 Å². The molecule has 0 aromatic heterocycles. The van der Waals surface area contributed by atoms with E-state index in [0.717, 1.165) is 19.3 Å². The number of benzene rings is 1. The zero-order valence-electron chi connectivity index (χ0n) is 16.9. The molecule has 1 aliphatic carbocycles. The molecule has 1 saturated carbocycles. The average Bonchev–Trinajstić information content (AvgIpc) is 3.13. The molecule has 2 amide bonds. The second-order valence-electron chi connectivity index (χ2n) is 9.21. The Morgan fingerprint density at radius 2 is 1.96 bits per heavy atom. The summed E-state index contributed by atoms with van der Waals surface area (Å²) in [6, 6.07) is 5.06. The van der Waals surface area contributed by atoms with Crippen molar-refractivity contribution in [2.24, 2.45) is 5.41 Å². The summed E-state index contributed by atoms with van der Waals surface area (Å²) in [6.07, 6.45) is 2.59. The van der Waals surface area contributed by atoms with Gasteiger partial charge >= 0.3 is 6.09 Å². The Balaban J connectivity index is 1.78. The quantitative estimate of drug-likeness (QED) is 0.660. The predicted octanol–water partition coefficient (Wildman–Crippen LogP) is 5.25. The Labute approximate surface area is 176 Å². The van der Waals surface area contributed by atoms with Gasteiger partial charge in [-0.2, -0.15) is 0 Å². The van der Waals surface area contributed by atoms with Crippen molar-refractivity contribution in [3.63, 3.8) is 0 Å². The Kier molecular flexibility index (Phi) is 5.88. The fourth-order valence-electron chi connectivity index (χ4n) is 3.46. The molecule has 1 unspecified atom stereocenters. The van der Waals surface area contributed by atoms with Gasteiger partial charge in [0.2, 0.25) is 0 Å². The van der Waals surface area contributed by atoms with E-state index in [9.17, 15) is 9.59 Å². The van der Waals surface area contributed by atoms with Gasteiger partial charge in [-0.3, -0.25) is 4.79 Å². The van der Waals surface area contributed by atoms with Crippen LogP contribution in [0.5, 0.6) is 0 Å². The third-order valence-electron chi connectivity index (χ3n) is 5.35. The van der Waals surface area contributed by atoms with Crippen molar-refractivity contribution in [1.29, 1.82) is 0 Å². The molecule has 0 spiro atoms. The van der Waals surface area contributed by atoms with Crippen molar-refractivity contribution in [3.05, 3.63) is 33.8 Å². The average molecular weight is 427 g/mol. The Bertz CT molecular complexity index is 771. The largest absolute Gasteiger partial charge is 0.444 e. The number of rotatable bonds is 4. The number of carbonyl (C=O) groups is 2. The number of halogens is 2. The van der Waals surface area contributed by atoms with Gasteiger partial charge in [0.1, 0.15) is 5.60 Å². The minimum Gasteiger partial charge on any atom is -0.444 e. The van der Waals surface area contributed by atoms with Gasteiger partial charge in [-0.1, -0.05) is 36.2 Å². The predicted molar refractivity (Wildman–Crippen MR) is 111 cm³/mol. The summed E-state index contributed by atoms with van der Waals surface area (Å²) in [6.45, 7) is 9.43. The summed E-state index contributed by atoms with van der Waals surface area (Å²) >= 11 is 12.4. The molecule has 1 heterocycles. The second-order valence-corrected chi connectivity index (χ2v) is 10.00. The lowest BCUT2D eigenvalue weighted by Crippen LogP contribution is -2.45. The summed E-state index contributed by atoms with van der Waals surface area (Å²) in [4.78, 5) is 29.4. The van der Waals surface area contributed by atoms with Crippen LogP contribution in [0.4, 0.5) is 4.79 Å². The first-order valence-corrected chi connectivity index (χ1v) is 10.5. The number of ether oxygens (including phenoxy) is 1. The maximum atomic E-state index is 13.4. The molecule has 1 aliphatic heterocycles. The lowest BCUT2D eigenvalue weighted by molar-refractivity contribution is 0.0272. The molecule has 1 aromatic carbocycles. The highest BCUT2D eigenvalue weighted by Crippen LogP contribution is 2.46. The maximum absolute atomic E-state index is 13.4. The van der Waals surface area contributed by atoms with Crippen LogP contribution in [0.25, 0.3) is 0 Å². The van der Waals surface area contributed by atoms with Gasteiger partial charge in [0, 0.05) is 19.6 Å². The Hall–Kier alpha value is -1.46. The Morgan fingerprint density at radius 1 is 1.29 bits per heavy atom. The standard InChI is InChI=1S/C21H28Cl2N2O3/c1-20(2,3)28-19(27)24-11-8-14(12-24)25(13-21(4)9-10-21)18(26)15-6-5-7-16(22)17(15)23/h5-7,14H,8-13H2,1-4H3. The van der Waals surface area contributed by atoms with Crippen molar-refractivity contribution in [2.75, 3.05) is 19.6 Å². The number of carbonyl (C=O) groups excluding carboxylic acids is 2. The third-order valence-corrected chi connectivity index (χ3v) is 6.17. The highest BCUT2D eigenvalue weighted by atomic mass is 35.5. The smallest absolute Gasteiger partial charge is 0.410 e. The van der Waals surface area contributed by atoms with Crippen LogP contribution >= 0.6 is 23.2 Å². The fourth-order valence-corrected chi connectivity index (χ4v) is 3.84. The second kappa shape index (κ2) is 7.75. The van der Waals surface area contributed by atoms with E-state index in [1.54, 1.807) is 23.1 Å². The summed E-state index contributed by atoms with van der Waals surface area (Å²) in [7, 11) is 0. The summed E-state index contributed by atoms with van der Waals surface area (Å²) in [5.74, 6) is -0.128. The number of likely N-dealkylation sites (tertiary alicyclic amines) is 1. The number of hydrogen-bond donors (Lipinski definition) is 0. The number of hydrogen-bond acceptors (Lipinski definition) is 3. The molecule has 154 valence electrons. The van der Waals surface area contributed by atoms with Crippen LogP contribution in [-0.2, 0) is 4.74 Å². The van der Waals surface area contributed by atoms with E-state index in [4.69, 9.17) is 27.9 Å². The first-order valence-electron chi connectivity index (χ1n) is 9.72. The van der Waals surface area contributed by atoms with Gasteiger partial charge in [0.05, 0.1) is 21.7 Å². The van der Waals surface area contributed by atoms with Gasteiger partial charge in [-0.05, 0) is 57.6 Å². The van der Waals surface area contributed by atoms with E-state index in [1.165, 1.54) is 0 Å². The van der Waals surface area contributed by atoms with Crippen LogP contribution in [0.3, 0.4) is 0 Å². The fraction of sp³-hybridized carbons (Fsp3) is 0.619. The normalized spacial score (nSPS) is 20.8. The lowest BCUT2D eigenvalue weighted by Gasteiger charge is -2.32. The van der Waals surface area contributed by atoms with Crippen molar-refractivity contribution < 1.29 is 14.3 Å². The molecule has 7 heteroatoms. The maximum Gasteiger partial charge on any atom is 0.410 e. The lowest BCUT2D eigenvalue weighted by atomic mass is 10.1. The molecule has 0 N–H and O–H groups in total. The van der Waals surface area contributed by atoms with Gasteiger partial charge in [-0.15, -0.1) is 0 Å². The molecule has 3 rings (SSSR count). The minimum absolute atomic E-state index is 0.0625. The molecular weight excluding hydrogens is 399 g/mol. The van der Waals surface area contributed by atoms with Gasteiger partial charge in [0.25, 0.3) is 5.91 Å². The summed E-state index contributed by atoms with van der Waals surface area (Å²) < 4.78 is 5.49. The van der Waals surface area contributed by atoms with Crippen LogP contribution in [0, 0.1) is 5.41 Å². The van der Waals surface area contributed by atoms with E-state index in [0.29, 0.717) is 30.2 Å². The molecular formula is C21H28Cl2N2O3. The van der Waals surface area contributed by atoms with E-state index >= 15 is 0 Å². The monoisotopic (exact) mass is 426 g/mol. The van der Waals surface area contributed by atoms with Gasteiger partial charge in [0.15, 0.2) is 0 Å². The highest BCUT2D eigenvalue weighted by molar-refractivity contribution is 6.43. The van der Waals surface area contributed by atoms with Crippen molar-refractivity contribution >= 4 is 35.2 Å². The summed E-state index contributed by atoms with van der Waals surface area (Å²) in [5, 5.41) is 0.647.